The third kappa shape index (κ3) is 3.25. The van der Waals surface area contributed by atoms with Gasteiger partial charge in [-0.05, 0) is 55.8 Å². The van der Waals surface area contributed by atoms with Gasteiger partial charge in [-0.1, -0.05) is 0 Å². The van der Waals surface area contributed by atoms with Crippen LogP contribution in [0.15, 0.2) is 15.0 Å². The van der Waals surface area contributed by atoms with Crippen molar-refractivity contribution in [3.8, 4) is 0 Å². The molecule has 2 bridgehead atoms. The number of carbonyl (C=O) groups excluding carboxylic acids is 3. The first-order valence-electron chi connectivity index (χ1n) is 7.29. The molecule has 6 nitrogen and oxygen atoms in total. The lowest BCUT2D eigenvalue weighted by Crippen LogP contribution is -2.33. The van der Waals surface area contributed by atoms with E-state index < -0.39 is 0 Å². The fourth-order valence-electron chi connectivity index (χ4n) is 4.53. The standard InChI is InChI=1S/C15H19N3O3/c1-11(18-10-21)3-15-4-12(2-14(15)7-17-9-20)13(5-15)6-16-8-19/h11-14H,2-7H2,1H3. The van der Waals surface area contributed by atoms with Gasteiger partial charge in [0.1, 0.15) is 0 Å². The molecule has 0 amide bonds. The molecule has 0 radical (unpaired) electrons. The fraction of sp³-hybridized carbons (Fsp3) is 0.800. The third-order valence-electron chi connectivity index (χ3n) is 5.20. The summed E-state index contributed by atoms with van der Waals surface area (Å²) in [7, 11) is 0. The zero-order valence-corrected chi connectivity index (χ0v) is 12.1. The smallest absolute Gasteiger partial charge is 0.211 e. The van der Waals surface area contributed by atoms with E-state index in [4.69, 9.17) is 0 Å². The number of fused-ring (bicyclic) bond motifs is 2. The molecule has 0 aromatic heterocycles. The molecule has 0 saturated heterocycles. The van der Waals surface area contributed by atoms with Gasteiger partial charge < -0.3 is 0 Å². The highest BCUT2D eigenvalue weighted by Gasteiger charge is 2.56. The van der Waals surface area contributed by atoms with Crippen LogP contribution in [0.1, 0.15) is 32.6 Å². The van der Waals surface area contributed by atoms with Gasteiger partial charge in [0.2, 0.25) is 18.2 Å². The maximum absolute atomic E-state index is 10.4. The van der Waals surface area contributed by atoms with Crippen LogP contribution in [0.5, 0.6) is 0 Å². The van der Waals surface area contributed by atoms with E-state index in [9.17, 15) is 14.4 Å². The predicted octanol–water partition coefficient (Wildman–Crippen LogP) is 1.80. The Morgan fingerprint density at radius 2 is 1.81 bits per heavy atom. The van der Waals surface area contributed by atoms with Gasteiger partial charge in [0.25, 0.3) is 0 Å². The lowest BCUT2D eigenvalue weighted by atomic mass is 9.69. The van der Waals surface area contributed by atoms with Crippen LogP contribution in [-0.2, 0) is 14.4 Å². The largest absolute Gasteiger partial charge is 0.235 e. The van der Waals surface area contributed by atoms with E-state index >= 15 is 0 Å². The summed E-state index contributed by atoms with van der Waals surface area (Å²) in [6.07, 6.45) is 8.60. The molecule has 0 aromatic rings. The first kappa shape index (κ1) is 15.5. The predicted molar refractivity (Wildman–Crippen MR) is 74.9 cm³/mol. The van der Waals surface area contributed by atoms with Crippen molar-refractivity contribution in [1.82, 2.24) is 0 Å². The second-order valence-corrected chi connectivity index (χ2v) is 6.36. The molecule has 0 N–H and O–H groups in total. The molecule has 2 fully saturated rings. The average Bonchev–Trinajstić information content (AvgIpc) is 2.97. The molecule has 0 spiro atoms. The molecular weight excluding hydrogens is 270 g/mol. The fourth-order valence-corrected chi connectivity index (χ4v) is 4.53. The Hall–Kier alpha value is -1.86. The summed E-state index contributed by atoms with van der Waals surface area (Å²) >= 11 is 0. The van der Waals surface area contributed by atoms with Crippen LogP contribution in [0.4, 0.5) is 0 Å². The van der Waals surface area contributed by atoms with Crippen molar-refractivity contribution >= 4 is 18.2 Å². The van der Waals surface area contributed by atoms with Crippen molar-refractivity contribution in [3.05, 3.63) is 0 Å². The average molecular weight is 289 g/mol. The summed E-state index contributed by atoms with van der Waals surface area (Å²) in [4.78, 5) is 42.4. The molecule has 112 valence electrons. The van der Waals surface area contributed by atoms with E-state index in [1.807, 2.05) is 6.92 Å². The summed E-state index contributed by atoms with van der Waals surface area (Å²) in [6.45, 7) is 2.91. The first-order valence-corrected chi connectivity index (χ1v) is 7.29. The van der Waals surface area contributed by atoms with Gasteiger partial charge in [-0.2, -0.15) is 0 Å². The zero-order chi connectivity index (χ0) is 15.3. The van der Waals surface area contributed by atoms with Gasteiger partial charge in [0.15, 0.2) is 0 Å². The molecule has 6 heteroatoms. The molecule has 2 aliphatic rings. The lowest BCUT2D eigenvalue weighted by Gasteiger charge is -2.37. The maximum atomic E-state index is 10.4. The Kier molecular flexibility index (Phi) is 4.98. The van der Waals surface area contributed by atoms with E-state index in [2.05, 4.69) is 15.0 Å². The summed E-state index contributed by atoms with van der Waals surface area (Å²) in [6, 6.07) is -0.0858. The molecular formula is C15H19N3O3. The van der Waals surface area contributed by atoms with Crippen molar-refractivity contribution in [3.63, 3.8) is 0 Å². The minimum atomic E-state index is -0.0858. The second-order valence-electron chi connectivity index (χ2n) is 6.36. The summed E-state index contributed by atoms with van der Waals surface area (Å²) in [5.41, 5.74) is 0.0356. The number of aliphatic imine (C=N–C) groups is 3. The Morgan fingerprint density at radius 3 is 2.48 bits per heavy atom. The van der Waals surface area contributed by atoms with Crippen LogP contribution in [-0.4, -0.2) is 37.4 Å². The summed E-state index contributed by atoms with van der Waals surface area (Å²) in [5.74, 6) is 1.21. The van der Waals surface area contributed by atoms with Crippen molar-refractivity contribution < 1.29 is 14.4 Å². The normalized spacial score (nSPS) is 34.4. The van der Waals surface area contributed by atoms with Crippen LogP contribution in [0.25, 0.3) is 0 Å². The van der Waals surface area contributed by atoms with Crippen molar-refractivity contribution in [1.29, 1.82) is 0 Å². The molecule has 0 aromatic carbocycles. The van der Waals surface area contributed by atoms with Crippen molar-refractivity contribution in [2.75, 3.05) is 13.1 Å². The summed E-state index contributed by atoms with van der Waals surface area (Å²) < 4.78 is 0. The van der Waals surface area contributed by atoms with E-state index in [-0.39, 0.29) is 11.5 Å². The third-order valence-corrected chi connectivity index (χ3v) is 5.20. The first-order chi connectivity index (χ1) is 10.1. The lowest BCUT2D eigenvalue weighted by molar-refractivity contribution is 0.139. The monoisotopic (exact) mass is 289 g/mol. The van der Waals surface area contributed by atoms with Gasteiger partial charge >= 0.3 is 0 Å². The minimum absolute atomic E-state index is 0.0356. The number of hydrogen-bond acceptors (Lipinski definition) is 6. The van der Waals surface area contributed by atoms with Gasteiger partial charge in [-0.25, -0.2) is 29.4 Å². The summed E-state index contributed by atoms with van der Waals surface area (Å²) in [5, 5.41) is 0. The molecule has 5 atom stereocenters. The molecule has 2 rings (SSSR count). The van der Waals surface area contributed by atoms with E-state index in [1.165, 1.54) is 0 Å². The van der Waals surface area contributed by atoms with E-state index in [1.54, 1.807) is 18.2 Å². The number of hydrogen-bond donors (Lipinski definition) is 0. The zero-order valence-electron chi connectivity index (χ0n) is 12.1. The Labute approximate surface area is 123 Å². The van der Waals surface area contributed by atoms with E-state index in [0.29, 0.717) is 30.8 Å². The highest BCUT2D eigenvalue weighted by atomic mass is 16.1. The van der Waals surface area contributed by atoms with Crippen LogP contribution >= 0.6 is 0 Å². The van der Waals surface area contributed by atoms with Crippen LogP contribution in [0.3, 0.4) is 0 Å². The quantitative estimate of drug-likeness (QED) is 0.529. The maximum Gasteiger partial charge on any atom is 0.235 e. The van der Waals surface area contributed by atoms with Gasteiger partial charge in [-0.3, -0.25) is 0 Å². The second kappa shape index (κ2) is 6.73. The molecule has 0 aliphatic heterocycles. The van der Waals surface area contributed by atoms with Gasteiger partial charge in [0, 0.05) is 0 Å². The molecule has 5 unspecified atom stereocenters. The molecule has 21 heavy (non-hydrogen) atoms. The SMILES string of the molecule is CC(CC12CC(CN=C=O)C(CC1CN=C=O)C2)N=C=O. The van der Waals surface area contributed by atoms with Gasteiger partial charge in [-0.15, -0.1) is 0 Å². The van der Waals surface area contributed by atoms with Gasteiger partial charge in [0.05, 0.1) is 19.1 Å². The van der Waals surface area contributed by atoms with Crippen LogP contribution in [0.2, 0.25) is 0 Å². The van der Waals surface area contributed by atoms with Crippen LogP contribution in [0, 0.1) is 23.2 Å². The van der Waals surface area contributed by atoms with Crippen molar-refractivity contribution in [2.45, 2.75) is 38.6 Å². The molecule has 0 heterocycles. The minimum Gasteiger partial charge on any atom is -0.211 e. The number of isocyanates is 3. The van der Waals surface area contributed by atoms with Crippen molar-refractivity contribution in [2.24, 2.45) is 38.1 Å². The molecule has 2 aliphatic carbocycles. The van der Waals surface area contributed by atoms with Crippen LogP contribution < -0.4 is 0 Å². The molecule has 2 saturated carbocycles. The Morgan fingerprint density at radius 1 is 1.10 bits per heavy atom. The number of nitrogens with zero attached hydrogens (tertiary/aromatic N) is 3. The Balaban J connectivity index is 2.15. The Bertz CT molecular complexity index is 530. The number of rotatable bonds is 7. The highest BCUT2D eigenvalue weighted by Crippen LogP contribution is 2.62. The van der Waals surface area contributed by atoms with E-state index in [0.717, 1.165) is 25.7 Å². The topological polar surface area (TPSA) is 88.3 Å². The highest BCUT2D eigenvalue weighted by molar-refractivity contribution is 5.34.